The van der Waals surface area contributed by atoms with Gasteiger partial charge in [-0.1, -0.05) is 18.2 Å². The molecule has 2 aromatic carbocycles. The molecule has 7 heteroatoms. The van der Waals surface area contributed by atoms with Crippen LogP contribution in [0.3, 0.4) is 0 Å². The monoisotopic (exact) mass is 351 g/mol. The summed E-state index contributed by atoms with van der Waals surface area (Å²) in [6, 6.07) is 11.8. The highest BCUT2D eigenvalue weighted by Gasteiger charge is 2.18. The zero-order valence-corrected chi connectivity index (χ0v) is 14.6. The third kappa shape index (κ3) is 3.06. The largest absolute Gasteiger partial charge is 0.465 e. The zero-order valence-electron chi connectivity index (χ0n) is 14.6. The number of nitrogens with one attached hydrogen (secondary N) is 1. The molecule has 1 heterocycles. The average Bonchev–Trinajstić information content (AvgIpc) is 2.65. The molecule has 3 aromatic rings. The summed E-state index contributed by atoms with van der Waals surface area (Å²) >= 11 is 0. The summed E-state index contributed by atoms with van der Waals surface area (Å²) in [7, 11) is 2.95. The van der Waals surface area contributed by atoms with Gasteiger partial charge in [-0.15, -0.1) is 0 Å². The van der Waals surface area contributed by atoms with Gasteiger partial charge in [0.05, 0.1) is 18.2 Å². The van der Waals surface area contributed by atoms with E-state index in [0.717, 1.165) is 5.56 Å². The molecule has 0 atom stereocenters. The predicted molar refractivity (Wildman–Crippen MR) is 97.5 cm³/mol. The minimum absolute atomic E-state index is 0.216. The van der Waals surface area contributed by atoms with E-state index in [1.165, 1.54) is 17.9 Å². The Balaban J connectivity index is 1.99. The smallest absolute Gasteiger partial charge is 0.338 e. The van der Waals surface area contributed by atoms with Crippen molar-refractivity contribution in [3.05, 3.63) is 69.5 Å². The van der Waals surface area contributed by atoms with Gasteiger partial charge in [0.15, 0.2) is 5.69 Å². The van der Waals surface area contributed by atoms with Crippen molar-refractivity contribution in [2.24, 2.45) is 7.05 Å². The SMILES string of the molecule is COC(=O)c1cc(NC(=O)c2nn(C)c3ccccc3c2=O)ccc1C. The minimum atomic E-state index is -0.643. The van der Waals surface area contributed by atoms with Crippen LogP contribution < -0.4 is 10.7 Å². The number of amides is 1. The number of anilines is 1. The summed E-state index contributed by atoms with van der Waals surface area (Å²) in [5.41, 5.74) is 1.40. The van der Waals surface area contributed by atoms with E-state index in [9.17, 15) is 14.4 Å². The molecule has 0 aliphatic heterocycles. The lowest BCUT2D eigenvalue weighted by atomic mass is 10.1. The Morgan fingerprint density at radius 1 is 1.15 bits per heavy atom. The molecule has 0 spiro atoms. The second-order valence-corrected chi connectivity index (χ2v) is 5.79. The van der Waals surface area contributed by atoms with Crippen molar-refractivity contribution >= 4 is 28.5 Å². The molecule has 0 aliphatic carbocycles. The van der Waals surface area contributed by atoms with Crippen LogP contribution in [0.1, 0.15) is 26.4 Å². The van der Waals surface area contributed by atoms with Crippen LogP contribution in [0.2, 0.25) is 0 Å². The highest BCUT2D eigenvalue weighted by atomic mass is 16.5. The molecule has 0 unspecified atom stereocenters. The van der Waals surface area contributed by atoms with Crippen LogP contribution in [0, 0.1) is 6.92 Å². The minimum Gasteiger partial charge on any atom is -0.465 e. The molecule has 26 heavy (non-hydrogen) atoms. The predicted octanol–water partition coefficient (Wildman–Crippen LogP) is 2.28. The second-order valence-electron chi connectivity index (χ2n) is 5.79. The maximum atomic E-state index is 12.6. The number of carbonyl (C=O) groups excluding carboxylic acids is 2. The number of aromatic nitrogens is 2. The quantitative estimate of drug-likeness (QED) is 0.731. The first-order valence-corrected chi connectivity index (χ1v) is 7.88. The Morgan fingerprint density at radius 2 is 1.88 bits per heavy atom. The number of aryl methyl sites for hydroxylation is 2. The Bertz CT molecular complexity index is 1090. The number of carbonyl (C=O) groups is 2. The van der Waals surface area contributed by atoms with Crippen molar-refractivity contribution in [3.63, 3.8) is 0 Å². The fraction of sp³-hybridized carbons (Fsp3) is 0.158. The fourth-order valence-corrected chi connectivity index (χ4v) is 2.69. The van der Waals surface area contributed by atoms with Gasteiger partial charge in [-0.25, -0.2) is 4.79 Å². The Hall–Kier alpha value is -3.48. The Morgan fingerprint density at radius 3 is 2.62 bits per heavy atom. The molecule has 0 fully saturated rings. The molecule has 0 saturated carbocycles. The van der Waals surface area contributed by atoms with Gasteiger partial charge in [0, 0.05) is 18.1 Å². The number of nitrogens with zero attached hydrogens (tertiary/aromatic N) is 2. The van der Waals surface area contributed by atoms with E-state index in [0.29, 0.717) is 22.2 Å². The van der Waals surface area contributed by atoms with Crippen molar-refractivity contribution in [2.45, 2.75) is 6.92 Å². The van der Waals surface area contributed by atoms with Crippen LogP contribution in [0.5, 0.6) is 0 Å². The van der Waals surface area contributed by atoms with Crippen molar-refractivity contribution in [1.82, 2.24) is 9.78 Å². The number of rotatable bonds is 3. The van der Waals surface area contributed by atoms with Gasteiger partial charge in [0.25, 0.3) is 5.91 Å². The van der Waals surface area contributed by atoms with Gasteiger partial charge in [-0.2, -0.15) is 5.10 Å². The molecule has 1 N–H and O–H groups in total. The van der Waals surface area contributed by atoms with Crippen LogP contribution >= 0.6 is 0 Å². The number of hydrogen-bond acceptors (Lipinski definition) is 5. The summed E-state index contributed by atoms with van der Waals surface area (Å²) in [6.45, 7) is 1.76. The maximum Gasteiger partial charge on any atom is 0.338 e. The van der Waals surface area contributed by atoms with Crippen LogP contribution in [-0.4, -0.2) is 28.8 Å². The first-order chi connectivity index (χ1) is 12.4. The Labute approximate surface area is 149 Å². The summed E-state index contributed by atoms with van der Waals surface area (Å²) in [5.74, 6) is -1.14. The van der Waals surface area contributed by atoms with Gasteiger partial charge in [0.1, 0.15) is 0 Å². The maximum absolute atomic E-state index is 12.6. The molecular weight excluding hydrogens is 334 g/mol. The van der Waals surface area contributed by atoms with E-state index < -0.39 is 17.3 Å². The van der Waals surface area contributed by atoms with Gasteiger partial charge in [0.2, 0.25) is 5.43 Å². The molecular formula is C19H17N3O4. The molecule has 1 amide bonds. The molecule has 3 rings (SSSR count). The molecule has 0 saturated heterocycles. The zero-order chi connectivity index (χ0) is 18.8. The molecule has 0 bridgehead atoms. The molecule has 1 aromatic heterocycles. The summed E-state index contributed by atoms with van der Waals surface area (Å²) in [4.78, 5) is 36.9. The Kier molecular flexibility index (Phi) is 4.53. The van der Waals surface area contributed by atoms with Crippen molar-refractivity contribution < 1.29 is 14.3 Å². The third-order valence-corrected chi connectivity index (χ3v) is 4.08. The van der Waals surface area contributed by atoms with Crippen LogP contribution in [0.15, 0.2) is 47.3 Å². The van der Waals surface area contributed by atoms with Crippen molar-refractivity contribution in [1.29, 1.82) is 0 Å². The van der Waals surface area contributed by atoms with Gasteiger partial charge in [-0.05, 0) is 36.8 Å². The first-order valence-electron chi connectivity index (χ1n) is 7.88. The van der Waals surface area contributed by atoms with Crippen LogP contribution in [0.25, 0.3) is 10.9 Å². The second kappa shape index (κ2) is 6.79. The number of fused-ring (bicyclic) bond motifs is 1. The van der Waals surface area contributed by atoms with E-state index in [1.807, 2.05) is 0 Å². The lowest BCUT2D eigenvalue weighted by molar-refractivity contribution is 0.0599. The average molecular weight is 351 g/mol. The van der Waals surface area contributed by atoms with E-state index in [4.69, 9.17) is 4.74 Å². The van der Waals surface area contributed by atoms with E-state index in [-0.39, 0.29) is 5.69 Å². The van der Waals surface area contributed by atoms with E-state index in [1.54, 1.807) is 50.4 Å². The van der Waals surface area contributed by atoms with Gasteiger partial charge in [-0.3, -0.25) is 14.3 Å². The first kappa shape index (κ1) is 17.3. The number of methoxy groups -OCH3 is 1. The summed E-state index contributed by atoms with van der Waals surface area (Å²) in [6.07, 6.45) is 0. The van der Waals surface area contributed by atoms with Crippen molar-refractivity contribution in [2.75, 3.05) is 12.4 Å². The van der Waals surface area contributed by atoms with Crippen LogP contribution in [0.4, 0.5) is 5.69 Å². The standard InChI is InChI=1S/C19H17N3O4/c1-11-8-9-12(10-14(11)19(25)26-3)20-18(24)16-17(23)13-6-4-5-7-15(13)22(2)21-16/h4-10H,1-3H3,(H,20,24). The van der Waals surface area contributed by atoms with Gasteiger partial charge >= 0.3 is 5.97 Å². The van der Waals surface area contributed by atoms with E-state index in [2.05, 4.69) is 10.4 Å². The van der Waals surface area contributed by atoms with Crippen LogP contribution in [-0.2, 0) is 11.8 Å². The number of ether oxygens (including phenoxy) is 1. The molecule has 7 nitrogen and oxygen atoms in total. The summed E-state index contributed by atoms with van der Waals surface area (Å²) in [5, 5.41) is 7.12. The van der Waals surface area contributed by atoms with E-state index >= 15 is 0 Å². The fourth-order valence-electron chi connectivity index (χ4n) is 2.69. The number of esters is 1. The van der Waals surface area contributed by atoms with Gasteiger partial charge < -0.3 is 10.1 Å². The number of para-hydroxylation sites is 1. The van der Waals surface area contributed by atoms with Crippen molar-refractivity contribution in [3.8, 4) is 0 Å². The molecule has 0 aliphatic rings. The lowest BCUT2D eigenvalue weighted by Gasteiger charge is -2.10. The lowest BCUT2D eigenvalue weighted by Crippen LogP contribution is -2.26. The number of hydrogen-bond donors (Lipinski definition) is 1. The highest BCUT2D eigenvalue weighted by molar-refractivity contribution is 6.05. The normalized spacial score (nSPS) is 10.6. The third-order valence-electron chi connectivity index (χ3n) is 4.08. The number of benzene rings is 2. The summed E-state index contributed by atoms with van der Waals surface area (Å²) < 4.78 is 6.21. The molecule has 132 valence electrons. The topological polar surface area (TPSA) is 90.3 Å². The molecule has 0 radical (unpaired) electrons. The highest BCUT2D eigenvalue weighted by Crippen LogP contribution is 2.17.